The second-order valence-corrected chi connectivity index (χ2v) is 2.87. The maximum Gasteiger partial charge on any atom is 0.0632 e. The first-order valence-electron chi connectivity index (χ1n) is 6.16. The molecule has 0 heterocycles. The molecule has 64 valence electrons. The highest BCUT2D eigenvalue weighted by molar-refractivity contribution is 5.63. The monoisotopic (exact) mass is 172 g/mol. The highest BCUT2D eigenvalue weighted by Crippen LogP contribution is 2.19. The molecule has 0 aliphatic heterocycles. The molecule has 0 unspecified atom stereocenters. The van der Waals surface area contributed by atoms with Gasteiger partial charge in [-0.3, -0.25) is 0 Å². The first-order chi connectivity index (χ1) is 8.04. The Labute approximate surface area is 84.5 Å². The van der Waals surface area contributed by atoms with Crippen molar-refractivity contribution in [3.63, 3.8) is 0 Å². The van der Waals surface area contributed by atoms with Crippen molar-refractivity contribution >= 4 is 0 Å². The van der Waals surface area contributed by atoms with Gasteiger partial charge in [-0.2, -0.15) is 0 Å². The minimum atomic E-state index is -0.114. The zero-order valence-electron chi connectivity index (χ0n) is 11.4. The van der Waals surface area contributed by atoms with Crippen LogP contribution in [0.5, 0.6) is 0 Å². The van der Waals surface area contributed by atoms with E-state index in [0.29, 0.717) is 11.1 Å². The summed E-state index contributed by atoms with van der Waals surface area (Å²) in [4.78, 5) is 0. The van der Waals surface area contributed by atoms with Crippen molar-refractivity contribution in [1.82, 2.24) is 0 Å². The van der Waals surface area contributed by atoms with Gasteiger partial charge in [0, 0.05) is 0 Å². The zero-order valence-corrected chi connectivity index (χ0v) is 7.39. The highest BCUT2D eigenvalue weighted by atomic mass is 14.0. The van der Waals surface area contributed by atoms with Crippen molar-refractivity contribution in [1.29, 1.82) is 0 Å². The summed E-state index contributed by atoms with van der Waals surface area (Å²) >= 11 is 0. The molecule has 0 nitrogen and oxygen atoms in total. The minimum absolute atomic E-state index is 0.0281. The van der Waals surface area contributed by atoms with Crippen molar-refractivity contribution in [3.8, 4) is 11.1 Å². The second kappa shape index (κ2) is 3.44. The Hall–Kier alpha value is -1.56. The van der Waals surface area contributed by atoms with E-state index in [1.165, 1.54) is 0 Å². The third-order valence-corrected chi connectivity index (χ3v) is 1.81. The van der Waals surface area contributed by atoms with Crippen molar-refractivity contribution in [2.45, 2.75) is 6.92 Å². The standard InChI is InChI=1S/C13H12/c1-11-6-5-9-13(10-11)12-7-3-2-4-8-12/h2-10H,1H3/i5D,6D,9D,10D. The number of rotatable bonds is 1. The molecule has 0 saturated heterocycles. The van der Waals surface area contributed by atoms with Gasteiger partial charge in [0.1, 0.15) is 0 Å². The van der Waals surface area contributed by atoms with Crippen LogP contribution in [0.3, 0.4) is 0 Å². The minimum Gasteiger partial charge on any atom is -0.0622 e. The van der Waals surface area contributed by atoms with Crippen LogP contribution in [0.2, 0.25) is 0 Å². The Morgan fingerprint density at radius 2 is 1.77 bits per heavy atom. The molecule has 0 amide bonds. The SMILES string of the molecule is [2H]c1c([2H])c(C)c([2H])c(-c2ccccc2)c1[2H]. The van der Waals surface area contributed by atoms with E-state index in [0.717, 1.165) is 5.56 Å². The summed E-state index contributed by atoms with van der Waals surface area (Å²) < 4.78 is 31.2. The molecule has 2 rings (SSSR count). The van der Waals surface area contributed by atoms with E-state index in [9.17, 15) is 0 Å². The molecule has 0 bridgehead atoms. The van der Waals surface area contributed by atoms with Gasteiger partial charge < -0.3 is 0 Å². The van der Waals surface area contributed by atoms with Gasteiger partial charge in [-0.25, -0.2) is 0 Å². The van der Waals surface area contributed by atoms with E-state index in [4.69, 9.17) is 5.48 Å². The van der Waals surface area contributed by atoms with E-state index in [1.807, 2.05) is 30.3 Å². The largest absolute Gasteiger partial charge is 0.0632 e. The third-order valence-electron chi connectivity index (χ3n) is 1.81. The summed E-state index contributed by atoms with van der Waals surface area (Å²) in [5.41, 5.74) is 1.63. The van der Waals surface area contributed by atoms with Gasteiger partial charge in [-0.05, 0) is 18.1 Å². The highest BCUT2D eigenvalue weighted by Gasteiger charge is 1.94. The van der Waals surface area contributed by atoms with Crippen LogP contribution in [0, 0.1) is 6.92 Å². The molecule has 0 heteroatoms. The molecule has 13 heavy (non-hydrogen) atoms. The molecule has 0 aliphatic rings. The lowest BCUT2D eigenvalue weighted by molar-refractivity contribution is 1.47. The molecule has 2 aromatic carbocycles. The fourth-order valence-corrected chi connectivity index (χ4v) is 1.19. The molecule has 0 fully saturated rings. The molecule has 0 N–H and O–H groups in total. The molecular weight excluding hydrogens is 156 g/mol. The first kappa shape index (κ1) is 4.61. The molecule has 2 aromatic rings. The summed E-state index contributed by atoms with van der Waals surface area (Å²) in [6.45, 7) is 1.65. The van der Waals surface area contributed by atoms with E-state index in [2.05, 4.69) is 0 Å². The lowest BCUT2D eigenvalue weighted by Gasteiger charge is -2.01. The van der Waals surface area contributed by atoms with Gasteiger partial charge in [-0.1, -0.05) is 60.1 Å². The molecule has 0 saturated carbocycles. The van der Waals surface area contributed by atoms with Gasteiger partial charge >= 0.3 is 0 Å². The Morgan fingerprint density at radius 3 is 2.54 bits per heavy atom. The number of hydrogen-bond acceptors (Lipinski definition) is 0. The van der Waals surface area contributed by atoms with Gasteiger partial charge in [0.2, 0.25) is 0 Å². The Morgan fingerprint density at radius 1 is 1.00 bits per heavy atom. The van der Waals surface area contributed by atoms with Crippen LogP contribution < -0.4 is 0 Å². The molecule has 0 radical (unpaired) electrons. The van der Waals surface area contributed by atoms with Crippen LogP contribution in [0.1, 0.15) is 11.0 Å². The summed E-state index contributed by atoms with van der Waals surface area (Å²) in [6, 6.07) is 9.14. The molecular formula is C13H12. The summed E-state index contributed by atoms with van der Waals surface area (Å²) in [7, 11) is 0. The second-order valence-electron chi connectivity index (χ2n) is 2.87. The van der Waals surface area contributed by atoms with Gasteiger partial charge in [-0.15, -0.1) is 0 Å². The lowest BCUT2D eigenvalue weighted by atomic mass is 10.0. The smallest absolute Gasteiger partial charge is 0.0622 e. The van der Waals surface area contributed by atoms with Crippen LogP contribution in [-0.4, -0.2) is 0 Å². The molecule has 0 spiro atoms. The summed E-state index contributed by atoms with van der Waals surface area (Å²) in [5.74, 6) is 0. The van der Waals surface area contributed by atoms with Crippen molar-refractivity contribution in [2.75, 3.05) is 0 Å². The summed E-state index contributed by atoms with van der Waals surface area (Å²) in [5, 5.41) is 0. The van der Waals surface area contributed by atoms with E-state index < -0.39 is 0 Å². The number of benzene rings is 2. The van der Waals surface area contributed by atoms with Gasteiger partial charge in [0.25, 0.3) is 0 Å². The summed E-state index contributed by atoms with van der Waals surface area (Å²) in [6.07, 6.45) is 0. The lowest BCUT2D eigenvalue weighted by Crippen LogP contribution is -1.77. The van der Waals surface area contributed by atoms with E-state index in [1.54, 1.807) is 6.92 Å². The third kappa shape index (κ3) is 1.78. The van der Waals surface area contributed by atoms with Crippen LogP contribution >= 0.6 is 0 Å². The Balaban J connectivity index is 2.80. The van der Waals surface area contributed by atoms with Crippen molar-refractivity contribution in [3.05, 3.63) is 60.1 Å². The first-order valence-corrected chi connectivity index (χ1v) is 4.16. The quantitative estimate of drug-likeness (QED) is 0.615. The fraction of sp³-hybridized carbons (Fsp3) is 0.0769. The van der Waals surface area contributed by atoms with Crippen LogP contribution in [0.15, 0.2) is 54.5 Å². The van der Waals surface area contributed by atoms with Crippen LogP contribution in [0.4, 0.5) is 0 Å². The maximum absolute atomic E-state index is 7.99. The predicted molar refractivity (Wildman–Crippen MR) is 56.6 cm³/mol. The van der Waals surface area contributed by atoms with E-state index in [-0.39, 0.29) is 24.2 Å². The van der Waals surface area contributed by atoms with Crippen LogP contribution in [-0.2, 0) is 0 Å². The predicted octanol–water partition coefficient (Wildman–Crippen LogP) is 3.66. The van der Waals surface area contributed by atoms with Crippen molar-refractivity contribution < 1.29 is 5.48 Å². The molecule has 0 aliphatic carbocycles. The van der Waals surface area contributed by atoms with E-state index >= 15 is 0 Å². The average molecular weight is 172 g/mol. The Bertz CT molecular complexity index is 532. The topological polar surface area (TPSA) is 0 Å². The maximum atomic E-state index is 7.99. The van der Waals surface area contributed by atoms with Gasteiger partial charge in [0.15, 0.2) is 0 Å². The normalized spacial score (nSPS) is 14.2. The molecule has 0 aromatic heterocycles. The van der Waals surface area contributed by atoms with Crippen molar-refractivity contribution in [2.24, 2.45) is 0 Å². The average Bonchev–Trinajstić information content (AvgIpc) is 2.36. The Kier molecular flexibility index (Phi) is 1.22. The zero-order chi connectivity index (χ0) is 12.6. The fourth-order valence-electron chi connectivity index (χ4n) is 1.19. The van der Waals surface area contributed by atoms with Crippen LogP contribution in [0.25, 0.3) is 11.1 Å². The van der Waals surface area contributed by atoms with Gasteiger partial charge in [0.05, 0.1) is 5.48 Å². The number of hydrogen-bond donors (Lipinski definition) is 0. The molecule has 0 atom stereocenters.